The number of amides is 2. The van der Waals surface area contributed by atoms with E-state index in [2.05, 4.69) is 15.6 Å². The maximum atomic E-state index is 11.9. The summed E-state index contributed by atoms with van der Waals surface area (Å²) < 4.78 is 0. The summed E-state index contributed by atoms with van der Waals surface area (Å²) >= 11 is 3.01. The van der Waals surface area contributed by atoms with Gasteiger partial charge in [0, 0.05) is 10.3 Å². The standard InChI is InChI=1S/C15H20N4O2S2.ClH/c1-8(2)13(16)14(21)17-6-12(20)19-15-18-10(7-22-15)11-5-4-9(3)23-11;/h4-5,7-8,13H,6,16H2,1-3H3,(H,17,21)(H,18,19,20);1H/t13-;/m0./s1. The summed E-state index contributed by atoms with van der Waals surface area (Å²) in [4.78, 5) is 30.2. The summed E-state index contributed by atoms with van der Waals surface area (Å²) in [5, 5.41) is 7.62. The Hall–Kier alpha value is -1.48. The van der Waals surface area contributed by atoms with Crippen molar-refractivity contribution < 1.29 is 9.59 Å². The topological polar surface area (TPSA) is 97.1 Å². The van der Waals surface area contributed by atoms with E-state index in [-0.39, 0.29) is 36.7 Å². The van der Waals surface area contributed by atoms with Gasteiger partial charge in [0.05, 0.1) is 23.2 Å². The highest BCUT2D eigenvalue weighted by atomic mass is 35.5. The van der Waals surface area contributed by atoms with Crippen molar-refractivity contribution >= 4 is 52.0 Å². The average molecular weight is 389 g/mol. The molecule has 0 saturated heterocycles. The first-order valence-corrected chi connectivity index (χ1v) is 8.92. The van der Waals surface area contributed by atoms with Crippen LogP contribution in [0.15, 0.2) is 17.5 Å². The molecular weight excluding hydrogens is 368 g/mol. The highest BCUT2D eigenvalue weighted by Gasteiger charge is 2.18. The Kier molecular flexibility index (Phi) is 7.82. The number of anilines is 1. The Bertz CT molecular complexity index is 699. The van der Waals surface area contributed by atoms with Crippen molar-refractivity contribution in [2.24, 2.45) is 11.7 Å². The summed E-state index contributed by atoms with van der Waals surface area (Å²) in [6.45, 7) is 5.63. The first-order chi connectivity index (χ1) is 10.9. The van der Waals surface area contributed by atoms with E-state index in [1.807, 2.05) is 38.3 Å². The molecule has 2 amide bonds. The summed E-state index contributed by atoms with van der Waals surface area (Å²) in [7, 11) is 0. The van der Waals surface area contributed by atoms with Crippen LogP contribution in [0.1, 0.15) is 18.7 Å². The maximum Gasteiger partial charge on any atom is 0.245 e. The highest BCUT2D eigenvalue weighted by molar-refractivity contribution is 7.17. The van der Waals surface area contributed by atoms with Crippen LogP contribution in [0, 0.1) is 12.8 Å². The Labute approximate surface area is 155 Å². The summed E-state index contributed by atoms with van der Waals surface area (Å²) in [6.07, 6.45) is 0. The van der Waals surface area contributed by atoms with Crippen LogP contribution in [0.2, 0.25) is 0 Å². The van der Waals surface area contributed by atoms with E-state index in [0.717, 1.165) is 10.6 Å². The molecule has 0 unspecified atom stereocenters. The van der Waals surface area contributed by atoms with Gasteiger partial charge in [-0.1, -0.05) is 13.8 Å². The summed E-state index contributed by atoms with van der Waals surface area (Å²) in [6, 6.07) is 3.43. The summed E-state index contributed by atoms with van der Waals surface area (Å²) in [5.74, 6) is -0.629. The lowest BCUT2D eigenvalue weighted by Gasteiger charge is -2.14. The fourth-order valence-corrected chi connectivity index (χ4v) is 3.40. The molecule has 0 aliphatic heterocycles. The molecule has 0 aromatic carbocycles. The van der Waals surface area contributed by atoms with Gasteiger partial charge in [-0.3, -0.25) is 9.59 Å². The Morgan fingerprint density at radius 3 is 2.62 bits per heavy atom. The van der Waals surface area contributed by atoms with Crippen molar-refractivity contribution in [3.05, 3.63) is 22.4 Å². The summed E-state index contributed by atoms with van der Waals surface area (Å²) in [5.41, 5.74) is 6.56. The fourth-order valence-electron chi connectivity index (χ4n) is 1.77. The van der Waals surface area contributed by atoms with Gasteiger partial charge in [0.1, 0.15) is 0 Å². The highest BCUT2D eigenvalue weighted by Crippen LogP contribution is 2.30. The molecule has 0 bridgehead atoms. The van der Waals surface area contributed by atoms with Gasteiger partial charge in [-0.15, -0.1) is 35.1 Å². The minimum absolute atomic E-state index is 0. The molecule has 0 aliphatic carbocycles. The van der Waals surface area contributed by atoms with Gasteiger partial charge in [0.25, 0.3) is 0 Å². The second-order valence-electron chi connectivity index (χ2n) is 5.48. The average Bonchev–Trinajstić information content (AvgIpc) is 3.12. The first-order valence-electron chi connectivity index (χ1n) is 7.22. The molecule has 2 aromatic rings. The maximum absolute atomic E-state index is 11.9. The van der Waals surface area contributed by atoms with Crippen molar-refractivity contribution in [2.75, 3.05) is 11.9 Å². The van der Waals surface area contributed by atoms with Gasteiger partial charge in [-0.05, 0) is 25.0 Å². The van der Waals surface area contributed by atoms with Crippen LogP contribution in [0.25, 0.3) is 10.6 Å². The first kappa shape index (κ1) is 20.6. The van der Waals surface area contributed by atoms with Gasteiger partial charge in [0.15, 0.2) is 5.13 Å². The Morgan fingerprint density at radius 2 is 2.04 bits per heavy atom. The Morgan fingerprint density at radius 1 is 1.33 bits per heavy atom. The molecule has 2 heterocycles. The van der Waals surface area contributed by atoms with E-state index in [0.29, 0.717) is 5.13 Å². The second-order valence-corrected chi connectivity index (χ2v) is 7.63. The molecule has 2 rings (SSSR count). The Balaban J connectivity index is 0.00000288. The molecule has 4 N–H and O–H groups in total. The lowest BCUT2D eigenvalue weighted by molar-refractivity contribution is -0.125. The lowest BCUT2D eigenvalue weighted by Crippen LogP contribution is -2.46. The van der Waals surface area contributed by atoms with Crippen molar-refractivity contribution in [3.63, 3.8) is 0 Å². The van der Waals surface area contributed by atoms with Crippen LogP contribution < -0.4 is 16.4 Å². The van der Waals surface area contributed by atoms with Crippen LogP contribution in [0.3, 0.4) is 0 Å². The predicted molar refractivity (Wildman–Crippen MR) is 102 cm³/mol. The van der Waals surface area contributed by atoms with E-state index in [1.165, 1.54) is 16.2 Å². The number of thiophene rings is 1. The van der Waals surface area contributed by atoms with E-state index in [9.17, 15) is 9.59 Å². The largest absolute Gasteiger partial charge is 0.346 e. The number of carbonyl (C=O) groups is 2. The van der Waals surface area contributed by atoms with Crippen LogP contribution >= 0.6 is 35.1 Å². The fraction of sp³-hybridized carbons (Fsp3) is 0.400. The minimum atomic E-state index is -0.615. The van der Waals surface area contributed by atoms with Gasteiger partial charge in [-0.25, -0.2) is 4.98 Å². The number of aromatic nitrogens is 1. The molecule has 0 radical (unpaired) electrons. The normalized spacial score (nSPS) is 11.7. The third-order valence-electron chi connectivity index (χ3n) is 3.19. The number of halogens is 1. The third-order valence-corrected chi connectivity index (χ3v) is 4.97. The zero-order valence-electron chi connectivity index (χ0n) is 13.7. The molecule has 0 spiro atoms. The monoisotopic (exact) mass is 388 g/mol. The molecule has 24 heavy (non-hydrogen) atoms. The number of hydrogen-bond donors (Lipinski definition) is 3. The number of nitrogens with zero attached hydrogens (tertiary/aromatic N) is 1. The number of carbonyl (C=O) groups excluding carboxylic acids is 2. The number of hydrogen-bond acceptors (Lipinski definition) is 6. The van der Waals surface area contributed by atoms with Crippen molar-refractivity contribution in [2.45, 2.75) is 26.8 Å². The predicted octanol–water partition coefficient (Wildman–Crippen LogP) is 2.64. The van der Waals surface area contributed by atoms with Gasteiger partial charge >= 0.3 is 0 Å². The second kappa shape index (κ2) is 9.12. The molecule has 132 valence electrons. The molecular formula is C15H21ClN4O2S2. The number of rotatable bonds is 6. The van der Waals surface area contributed by atoms with Crippen molar-refractivity contribution in [1.29, 1.82) is 0 Å². The van der Waals surface area contributed by atoms with Crippen LogP contribution in [-0.2, 0) is 9.59 Å². The van der Waals surface area contributed by atoms with Gasteiger partial charge in [-0.2, -0.15) is 0 Å². The van der Waals surface area contributed by atoms with Gasteiger partial charge < -0.3 is 16.4 Å². The van der Waals surface area contributed by atoms with Crippen molar-refractivity contribution in [3.8, 4) is 10.6 Å². The lowest BCUT2D eigenvalue weighted by atomic mass is 10.1. The van der Waals surface area contributed by atoms with Crippen molar-refractivity contribution in [1.82, 2.24) is 10.3 Å². The van der Waals surface area contributed by atoms with E-state index < -0.39 is 6.04 Å². The van der Waals surface area contributed by atoms with E-state index in [1.54, 1.807) is 11.3 Å². The van der Waals surface area contributed by atoms with Crippen LogP contribution in [-0.4, -0.2) is 29.4 Å². The molecule has 0 aliphatic rings. The molecule has 9 heteroatoms. The molecule has 6 nitrogen and oxygen atoms in total. The molecule has 1 atom stereocenters. The van der Waals surface area contributed by atoms with Crippen LogP contribution in [0.4, 0.5) is 5.13 Å². The van der Waals surface area contributed by atoms with Gasteiger partial charge in [0.2, 0.25) is 11.8 Å². The molecule has 2 aromatic heterocycles. The molecule has 0 saturated carbocycles. The third kappa shape index (κ3) is 5.55. The SMILES string of the molecule is Cc1ccc(-c2csc(NC(=O)CNC(=O)[C@@H](N)C(C)C)n2)s1.Cl. The number of nitrogens with one attached hydrogen (secondary N) is 2. The quantitative estimate of drug-likeness (QED) is 0.708. The van der Waals surface area contributed by atoms with Crippen LogP contribution in [0.5, 0.6) is 0 Å². The number of aryl methyl sites for hydroxylation is 1. The number of thiazole rings is 1. The minimum Gasteiger partial charge on any atom is -0.346 e. The zero-order chi connectivity index (χ0) is 17.0. The van der Waals surface area contributed by atoms with E-state index >= 15 is 0 Å². The molecule has 0 fully saturated rings. The van der Waals surface area contributed by atoms with E-state index in [4.69, 9.17) is 5.73 Å². The number of nitrogens with two attached hydrogens (primary N) is 1. The zero-order valence-corrected chi connectivity index (χ0v) is 16.1. The smallest absolute Gasteiger partial charge is 0.245 e.